The summed E-state index contributed by atoms with van der Waals surface area (Å²) < 4.78 is 1.02. The van der Waals surface area contributed by atoms with E-state index in [0.29, 0.717) is 11.7 Å². The van der Waals surface area contributed by atoms with E-state index in [2.05, 4.69) is 39.1 Å². The summed E-state index contributed by atoms with van der Waals surface area (Å²) in [5, 5.41) is 8.97. The van der Waals surface area contributed by atoms with Crippen LogP contribution in [-0.4, -0.2) is 27.4 Å². The lowest BCUT2D eigenvalue weighted by molar-refractivity contribution is -0.126. The van der Waals surface area contributed by atoms with Crippen LogP contribution in [0.25, 0.3) is 0 Å². The van der Waals surface area contributed by atoms with Crippen LogP contribution in [0.2, 0.25) is 0 Å². The molecule has 2 aromatic carbocycles. The van der Waals surface area contributed by atoms with Gasteiger partial charge in [0.05, 0.1) is 18.0 Å². The molecule has 1 aliphatic heterocycles. The van der Waals surface area contributed by atoms with Gasteiger partial charge in [-0.1, -0.05) is 64.1 Å². The fourth-order valence-electron chi connectivity index (χ4n) is 2.46. The zero-order chi connectivity index (χ0) is 17.8. The van der Waals surface area contributed by atoms with Crippen molar-refractivity contribution >= 4 is 45.0 Å². The first-order valence-corrected chi connectivity index (χ1v) is 9.61. The Bertz CT molecular complexity index is 833. The number of hydrogen-bond donors (Lipinski definition) is 0. The Morgan fingerprint density at radius 1 is 1.20 bits per heavy atom. The summed E-state index contributed by atoms with van der Waals surface area (Å²) in [6.45, 7) is 4.48. The van der Waals surface area contributed by atoms with Gasteiger partial charge >= 0.3 is 0 Å². The molecular formula is C19H18BrN3OS. The van der Waals surface area contributed by atoms with E-state index >= 15 is 0 Å². The summed E-state index contributed by atoms with van der Waals surface area (Å²) in [4.78, 5) is 14.2. The predicted octanol–water partition coefficient (Wildman–Crippen LogP) is 4.61. The molecule has 3 rings (SSSR count). The Labute approximate surface area is 160 Å². The van der Waals surface area contributed by atoms with Gasteiger partial charge in [0.2, 0.25) is 5.91 Å². The predicted molar refractivity (Wildman–Crippen MR) is 108 cm³/mol. The van der Waals surface area contributed by atoms with E-state index in [9.17, 15) is 4.79 Å². The van der Waals surface area contributed by atoms with Crippen molar-refractivity contribution in [1.29, 1.82) is 0 Å². The van der Waals surface area contributed by atoms with Crippen molar-refractivity contribution in [3.63, 3.8) is 0 Å². The van der Waals surface area contributed by atoms with Crippen molar-refractivity contribution in [3.05, 3.63) is 69.7 Å². The molecule has 1 heterocycles. The molecule has 0 aliphatic carbocycles. The number of aryl methyl sites for hydroxylation is 1. The number of thioether (sulfide) groups is 1. The molecule has 1 amide bonds. The van der Waals surface area contributed by atoms with Crippen LogP contribution in [0.4, 0.5) is 0 Å². The van der Waals surface area contributed by atoms with Crippen molar-refractivity contribution in [3.8, 4) is 0 Å². The molecule has 2 aromatic rings. The Kier molecular flexibility index (Phi) is 5.71. The number of amidine groups is 1. The van der Waals surface area contributed by atoms with Gasteiger partial charge in [0, 0.05) is 4.47 Å². The Balaban J connectivity index is 1.79. The third kappa shape index (κ3) is 4.38. The number of rotatable bonds is 4. The molecule has 4 nitrogen and oxygen atoms in total. The van der Waals surface area contributed by atoms with Crippen molar-refractivity contribution in [2.75, 3.05) is 0 Å². The third-order valence-corrected chi connectivity index (χ3v) is 5.53. The highest BCUT2D eigenvalue weighted by Crippen LogP contribution is 2.29. The van der Waals surface area contributed by atoms with E-state index in [1.54, 1.807) is 11.1 Å². The van der Waals surface area contributed by atoms with Crippen LogP contribution < -0.4 is 0 Å². The Morgan fingerprint density at radius 3 is 2.64 bits per heavy atom. The topological polar surface area (TPSA) is 45.0 Å². The average Bonchev–Trinajstić information content (AvgIpc) is 2.86. The van der Waals surface area contributed by atoms with Gasteiger partial charge in [-0.2, -0.15) is 5.10 Å². The van der Waals surface area contributed by atoms with Crippen LogP contribution in [-0.2, 0) is 11.3 Å². The molecule has 25 heavy (non-hydrogen) atoms. The molecule has 1 atom stereocenters. The van der Waals surface area contributed by atoms with Crippen molar-refractivity contribution in [2.24, 2.45) is 10.2 Å². The lowest BCUT2D eigenvalue weighted by atomic mass is 10.1. The number of hydrogen-bond acceptors (Lipinski definition) is 4. The number of carbonyl (C=O) groups excluding carboxylic acids is 1. The monoisotopic (exact) mass is 415 g/mol. The zero-order valence-electron chi connectivity index (χ0n) is 14.0. The van der Waals surface area contributed by atoms with Gasteiger partial charge in [-0.3, -0.25) is 9.69 Å². The maximum Gasteiger partial charge on any atom is 0.242 e. The van der Waals surface area contributed by atoms with Gasteiger partial charge in [-0.05, 0) is 42.7 Å². The number of benzene rings is 2. The second kappa shape index (κ2) is 7.97. The summed E-state index contributed by atoms with van der Waals surface area (Å²) >= 11 is 4.86. The molecule has 1 saturated heterocycles. The normalized spacial score (nSPS) is 19.3. The van der Waals surface area contributed by atoms with Gasteiger partial charge in [0.15, 0.2) is 5.17 Å². The highest BCUT2D eigenvalue weighted by Gasteiger charge is 2.35. The molecule has 1 aliphatic rings. The largest absolute Gasteiger partial charge is 0.284 e. The number of halogens is 1. The minimum atomic E-state index is -0.134. The molecule has 1 fully saturated rings. The highest BCUT2D eigenvalue weighted by molar-refractivity contribution is 9.10. The minimum Gasteiger partial charge on any atom is -0.284 e. The van der Waals surface area contributed by atoms with Crippen LogP contribution in [0.3, 0.4) is 0 Å². The van der Waals surface area contributed by atoms with Crippen LogP contribution in [0.1, 0.15) is 23.6 Å². The van der Waals surface area contributed by atoms with Crippen LogP contribution >= 0.6 is 27.7 Å². The first kappa shape index (κ1) is 17.9. The number of nitrogens with zero attached hydrogens (tertiary/aromatic N) is 3. The SMILES string of the molecule is Cc1ccccc1CN1C(=O)[C@@H](C)S/C1=N\N=C/c1ccc(Br)cc1. The first-order chi connectivity index (χ1) is 12.0. The summed E-state index contributed by atoms with van der Waals surface area (Å²) in [6, 6.07) is 15.9. The third-order valence-electron chi connectivity index (χ3n) is 3.94. The van der Waals surface area contributed by atoms with E-state index in [1.807, 2.05) is 49.4 Å². The molecule has 0 N–H and O–H groups in total. The number of carbonyl (C=O) groups is 1. The second-order valence-electron chi connectivity index (χ2n) is 5.79. The molecule has 0 bridgehead atoms. The molecule has 0 radical (unpaired) electrons. The van der Waals surface area contributed by atoms with Crippen molar-refractivity contribution < 1.29 is 4.79 Å². The van der Waals surface area contributed by atoms with Gasteiger partial charge in [-0.25, -0.2) is 0 Å². The molecule has 0 spiro atoms. The second-order valence-corrected chi connectivity index (χ2v) is 8.01. The summed E-state index contributed by atoms with van der Waals surface area (Å²) in [7, 11) is 0. The zero-order valence-corrected chi connectivity index (χ0v) is 16.4. The summed E-state index contributed by atoms with van der Waals surface area (Å²) in [6.07, 6.45) is 1.69. The van der Waals surface area contributed by atoms with Gasteiger partial charge in [0.1, 0.15) is 0 Å². The highest BCUT2D eigenvalue weighted by atomic mass is 79.9. The van der Waals surface area contributed by atoms with E-state index < -0.39 is 0 Å². The van der Waals surface area contributed by atoms with Crippen LogP contribution in [0.5, 0.6) is 0 Å². The average molecular weight is 416 g/mol. The number of amides is 1. The fourth-order valence-corrected chi connectivity index (χ4v) is 3.65. The van der Waals surface area contributed by atoms with E-state index in [-0.39, 0.29) is 11.2 Å². The Morgan fingerprint density at radius 2 is 1.92 bits per heavy atom. The lowest BCUT2D eigenvalue weighted by Crippen LogP contribution is -2.31. The first-order valence-electron chi connectivity index (χ1n) is 7.94. The molecule has 6 heteroatoms. The summed E-state index contributed by atoms with van der Waals surface area (Å²) in [5.41, 5.74) is 3.24. The van der Waals surface area contributed by atoms with Gasteiger partial charge in [0.25, 0.3) is 0 Å². The smallest absolute Gasteiger partial charge is 0.242 e. The van der Waals surface area contributed by atoms with Crippen molar-refractivity contribution in [2.45, 2.75) is 25.6 Å². The molecule has 128 valence electrons. The minimum absolute atomic E-state index is 0.0749. The molecule has 0 aromatic heterocycles. The van der Waals surface area contributed by atoms with E-state index in [1.165, 1.54) is 11.8 Å². The maximum atomic E-state index is 12.5. The molecule has 0 unspecified atom stereocenters. The van der Waals surface area contributed by atoms with Crippen LogP contribution in [0, 0.1) is 6.92 Å². The van der Waals surface area contributed by atoms with E-state index in [4.69, 9.17) is 0 Å². The standard InChI is InChI=1S/C19H18BrN3OS/c1-13-5-3-4-6-16(13)12-23-18(24)14(2)25-19(23)22-21-11-15-7-9-17(20)10-8-15/h3-11,14H,12H2,1-2H3/b21-11-,22-19-/t14-/m1/s1. The van der Waals surface area contributed by atoms with Crippen LogP contribution in [0.15, 0.2) is 63.2 Å². The summed E-state index contributed by atoms with van der Waals surface area (Å²) in [5.74, 6) is 0.0749. The van der Waals surface area contributed by atoms with Crippen molar-refractivity contribution in [1.82, 2.24) is 4.90 Å². The maximum absolute atomic E-state index is 12.5. The van der Waals surface area contributed by atoms with Gasteiger partial charge < -0.3 is 0 Å². The fraction of sp³-hybridized carbons (Fsp3) is 0.211. The molecule has 0 saturated carbocycles. The Hall–Kier alpha value is -1.92. The lowest BCUT2D eigenvalue weighted by Gasteiger charge is -2.16. The quantitative estimate of drug-likeness (QED) is 0.540. The van der Waals surface area contributed by atoms with Gasteiger partial charge in [-0.15, -0.1) is 5.10 Å². The molecular weight excluding hydrogens is 398 g/mol. The van der Waals surface area contributed by atoms with E-state index in [0.717, 1.165) is 21.2 Å².